The molecule has 1 atom stereocenters. The number of imidazole rings is 1. The van der Waals surface area contributed by atoms with Gasteiger partial charge >= 0.3 is 0 Å². The van der Waals surface area contributed by atoms with Crippen molar-refractivity contribution in [3.63, 3.8) is 0 Å². The zero-order chi connectivity index (χ0) is 14.4. The van der Waals surface area contributed by atoms with Gasteiger partial charge in [-0.15, -0.1) is 0 Å². The fourth-order valence-corrected chi connectivity index (χ4v) is 2.54. The van der Waals surface area contributed by atoms with E-state index in [1.54, 1.807) is 0 Å². The summed E-state index contributed by atoms with van der Waals surface area (Å²) in [5.74, 6) is 0.939. The third-order valence-electron chi connectivity index (χ3n) is 3.65. The molecule has 0 saturated heterocycles. The van der Waals surface area contributed by atoms with Crippen LogP contribution < -0.4 is 5.32 Å². The molecule has 1 aromatic carbocycles. The highest BCUT2D eigenvalue weighted by Crippen LogP contribution is 2.22. The molecule has 2 rings (SSSR count). The molecule has 4 heteroatoms. The summed E-state index contributed by atoms with van der Waals surface area (Å²) >= 11 is 0. The van der Waals surface area contributed by atoms with Crippen LogP contribution in [-0.4, -0.2) is 41.5 Å². The summed E-state index contributed by atoms with van der Waals surface area (Å²) in [5.41, 5.74) is 2.29. The molecule has 0 aliphatic carbocycles. The second-order valence-electron chi connectivity index (χ2n) is 4.85. The van der Waals surface area contributed by atoms with Gasteiger partial charge in [-0.2, -0.15) is 0 Å². The van der Waals surface area contributed by atoms with E-state index in [0.29, 0.717) is 6.04 Å². The van der Waals surface area contributed by atoms with E-state index in [2.05, 4.69) is 46.2 Å². The molecule has 0 bridgehead atoms. The van der Waals surface area contributed by atoms with Crippen molar-refractivity contribution in [3.05, 3.63) is 42.2 Å². The highest BCUT2D eigenvalue weighted by atomic mass is 15.2. The van der Waals surface area contributed by atoms with Crippen LogP contribution in [0.2, 0.25) is 0 Å². The van der Waals surface area contributed by atoms with E-state index in [0.717, 1.165) is 31.0 Å². The monoisotopic (exact) mass is 272 g/mol. The molecule has 20 heavy (non-hydrogen) atoms. The van der Waals surface area contributed by atoms with Gasteiger partial charge in [0.2, 0.25) is 0 Å². The Morgan fingerprint density at radius 2 is 1.90 bits per heavy atom. The van der Waals surface area contributed by atoms with Crippen LogP contribution in [0.4, 0.5) is 0 Å². The number of hydrogen-bond acceptors (Lipinski definition) is 3. The summed E-state index contributed by atoms with van der Waals surface area (Å²) in [5, 5.41) is 3.27. The SMILES string of the molecule is CCN(CC)C(CNC)c1cnc(-c2ccccc2)[nH]1. The van der Waals surface area contributed by atoms with Gasteiger partial charge in [0, 0.05) is 12.1 Å². The normalized spacial score (nSPS) is 12.8. The lowest BCUT2D eigenvalue weighted by Crippen LogP contribution is -2.34. The third-order valence-corrected chi connectivity index (χ3v) is 3.65. The molecule has 1 unspecified atom stereocenters. The van der Waals surface area contributed by atoms with E-state index in [1.165, 1.54) is 5.69 Å². The standard InChI is InChI=1S/C16H24N4/c1-4-20(5-2)15(12-17-3)14-11-18-16(19-14)13-9-7-6-8-10-13/h6-11,15,17H,4-5,12H2,1-3H3,(H,18,19). The largest absolute Gasteiger partial charge is 0.341 e. The zero-order valence-electron chi connectivity index (χ0n) is 12.6. The van der Waals surface area contributed by atoms with Gasteiger partial charge in [0.25, 0.3) is 0 Å². The van der Waals surface area contributed by atoms with Crippen LogP contribution in [0.5, 0.6) is 0 Å². The fraction of sp³-hybridized carbons (Fsp3) is 0.438. The smallest absolute Gasteiger partial charge is 0.137 e. The van der Waals surface area contributed by atoms with Crippen molar-refractivity contribution in [2.75, 3.05) is 26.7 Å². The molecule has 108 valence electrons. The first kappa shape index (κ1) is 14.8. The van der Waals surface area contributed by atoms with E-state index in [1.807, 2.05) is 31.4 Å². The van der Waals surface area contributed by atoms with Gasteiger partial charge in [0.15, 0.2) is 0 Å². The Hall–Kier alpha value is -1.65. The van der Waals surface area contributed by atoms with Gasteiger partial charge in [-0.25, -0.2) is 4.98 Å². The molecule has 0 saturated carbocycles. The van der Waals surface area contributed by atoms with Crippen LogP contribution in [0.15, 0.2) is 36.5 Å². The van der Waals surface area contributed by atoms with Crippen LogP contribution in [-0.2, 0) is 0 Å². The summed E-state index contributed by atoms with van der Waals surface area (Å²) < 4.78 is 0. The highest BCUT2D eigenvalue weighted by molar-refractivity contribution is 5.54. The maximum absolute atomic E-state index is 4.53. The lowest BCUT2D eigenvalue weighted by atomic mass is 10.2. The number of rotatable bonds is 7. The van der Waals surface area contributed by atoms with Gasteiger partial charge in [0.1, 0.15) is 5.82 Å². The minimum Gasteiger partial charge on any atom is -0.341 e. The lowest BCUT2D eigenvalue weighted by Gasteiger charge is -2.28. The number of likely N-dealkylation sites (N-methyl/N-ethyl adjacent to an activating group) is 2. The molecule has 0 aliphatic heterocycles. The van der Waals surface area contributed by atoms with Crippen molar-refractivity contribution in [3.8, 4) is 11.4 Å². The molecule has 2 aromatic rings. The molecular weight excluding hydrogens is 248 g/mol. The summed E-state index contributed by atoms with van der Waals surface area (Å²) in [6.07, 6.45) is 1.96. The topological polar surface area (TPSA) is 44.0 Å². The highest BCUT2D eigenvalue weighted by Gasteiger charge is 2.19. The Morgan fingerprint density at radius 1 is 1.20 bits per heavy atom. The first-order chi connectivity index (χ1) is 9.80. The summed E-state index contributed by atoms with van der Waals surface area (Å²) in [7, 11) is 1.99. The molecule has 1 heterocycles. The summed E-state index contributed by atoms with van der Waals surface area (Å²) in [6.45, 7) is 7.37. The zero-order valence-corrected chi connectivity index (χ0v) is 12.6. The van der Waals surface area contributed by atoms with Crippen LogP contribution in [0, 0.1) is 0 Å². The average Bonchev–Trinajstić information content (AvgIpc) is 2.98. The molecule has 0 amide bonds. The van der Waals surface area contributed by atoms with Crippen molar-refractivity contribution in [2.24, 2.45) is 0 Å². The quantitative estimate of drug-likeness (QED) is 0.814. The van der Waals surface area contributed by atoms with Gasteiger partial charge in [-0.3, -0.25) is 4.90 Å². The molecule has 0 aliphatic rings. The van der Waals surface area contributed by atoms with Crippen molar-refractivity contribution in [1.82, 2.24) is 20.2 Å². The third kappa shape index (κ3) is 3.26. The lowest BCUT2D eigenvalue weighted by molar-refractivity contribution is 0.212. The van der Waals surface area contributed by atoms with E-state index < -0.39 is 0 Å². The predicted molar refractivity (Wildman–Crippen MR) is 83.6 cm³/mol. The molecule has 4 nitrogen and oxygen atoms in total. The number of nitrogens with one attached hydrogen (secondary N) is 2. The summed E-state index contributed by atoms with van der Waals surface area (Å²) in [4.78, 5) is 10.4. The Labute approximate surface area is 121 Å². The molecule has 2 N–H and O–H groups in total. The van der Waals surface area contributed by atoms with Crippen LogP contribution in [0.25, 0.3) is 11.4 Å². The second kappa shape index (κ2) is 7.22. The first-order valence-electron chi connectivity index (χ1n) is 7.29. The Bertz CT molecular complexity index is 502. The van der Waals surface area contributed by atoms with Crippen molar-refractivity contribution in [1.29, 1.82) is 0 Å². The molecule has 0 spiro atoms. The van der Waals surface area contributed by atoms with Crippen LogP contribution >= 0.6 is 0 Å². The second-order valence-corrected chi connectivity index (χ2v) is 4.85. The van der Waals surface area contributed by atoms with Gasteiger partial charge in [0.05, 0.1) is 17.9 Å². The van der Waals surface area contributed by atoms with Crippen LogP contribution in [0.3, 0.4) is 0 Å². The minimum absolute atomic E-state index is 0.333. The number of aromatic amines is 1. The van der Waals surface area contributed by atoms with E-state index in [4.69, 9.17) is 0 Å². The number of benzene rings is 1. The Morgan fingerprint density at radius 3 is 2.50 bits per heavy atom. The fourth-order valence-electron chi connectivity index (χ4n) is 2.54. The number of H-pyrrole nitrogens is 1. The van der Waals surface area contributed by atoms with E-state index in [-0.39, 0.29) is 0 Å². The first-order valence-corrected chi connectivity index (χ1v) is 7.29. The van der Waals surface area contributed by atoms with Crippen molar-refractivity contribution in [2.45, 2.75) is 19.9 Å². The van der Waals surface area contributed by atoms with Crippen molar-refractivity contribution >= 4 is 0 Å². The molecular formula is C16H24N4. The van der Waals surface area contributed by atoms with Gasteiger partial charge in [-0.1, -0.05) is 44.2 Å². The Balaban J connectivity index is 2.25. The maximum Gasteiger partial charge on any atom is 0.137 e. The average molecular weight is 272 g/mol. The minimum atomic E-state index is 0.333. The number of hydrogen-bond donors (Lipinski definition) is 2. The van der Waals surface area contributed by atoms with Crippen LogP contribution in [0.1, 0.15) is 25.6 Å². The molecule has 0 fully saturated rings. The van der Waals surface area contributed by atoms with E-state index >= 15 is 0 Å². The molecule has 1 aromatic heterocycles. The maximum atomic E-state index is 4.53. The van der Waals surface area contributed by atoms with Gasteiger partial charge in [-0.05, 0) is 20.1 Å². The predicted octanol–water partition coefficient (Wildman–Crippen LogP) is 2.68. The Kier molecular flexibility index (Phi) is 5.32. The summed E-state index contributed by atoms with van der Waals surface area (Å²) in [6, 6.07) is 10.6. The van der Waals surface area contributed by atoms with Crippen molar-refractivity contribution < 1.29 is 0 Å². The van der Waals surface area contributed by atoms with Gasteiger partial charge < -0.3 is 10.3 Å². The van der Waals surface area contributed by atoms with E-state index in [9.17, 15) is 0 Å². The number of aromatic nitrogens is 2. The molecule has 0 radical (unpaired) electrons. The number of nitrogens with zero attached hydrogens (tertiary/aromatic N) is 2.